The second-order valence-electron chi connectivity index (χ2n) is 8.11. The monoisotopic (exact) mass is 450 g/mol. The number of hydrogen-bond donors (Lipinski definition) is 2. The van der Waals surface area contributed by atoms with Gasteiger partial charge in [-0.2, -0.15) is 10.1 Å². The summed E-state index contributed by atoms with van der Waals surface area (Å²) in [5.41, 5.74) is 6.12. The molecule has 0 spiro atoms. The van der Waals surface area contributed by atoms with Gasteiger partial charge in [0.2, 0.25) is 5.88 Å². The fraction of sp³-hybridized carbons (Fsp3) is 0.417. The number of aromatic nitrogens is 2. The van der Waals surface area contributed by atoms with Crippen molar-refractivity contribution >= 4 is 28.6 Å². The van der Waals surface area contributed by atoms with E-state index in [2.05, 4.69) is 37.4 Å². The number of ether oxygens (including phenoxy) is 3. The second-order valence-corrected chi connectivity index (χ2v) is 8.11. The van der Waals surface area contributed by atoms with E-state index < -0.39 is 0 Å². The molecule has 1 aromatic carbocycles. The SMILES string of the molecule is C(=N/Nc1cc(OCCN2CCOCC2)nc(N2CCOCC2)c1)/c1c[nH]c2ccccc12. The molecule has 2 fully saturated rings. The Morgan fingerprint density at radius 2 is 1.85 bits per heavy atom. The van der Waals surface area contributed by atoms with Crippen LogP contribution in [0.2, 0.25) is 0 Å². The maximum absolute atomic E-state index is 6.04. The van der Waals surface area contributed by atoms with Crippen LogP contribution >= 0.6 is 0 Å². The Morgan fingerprint density at radius 1 is 1.06 bits per heavy atom. The van der Waals surface area contributed by atoms with E-state index in [0.717, 1.165) is 73.9 Å². The Kier molecular flexibility index (Phi) is 7.00. The first-order chi connectivity index (χ1) is 16.3. The number of pyridine rings is 1. The number of anilines is 2. The van der Waals surface area contributed by atoms with Crippen LogP contribution in [-0.4, -0.2) is 86.8 Å². The van der Waals surface area contributed by atoms with Crippen molar-refractivity contribution in [1.29, 1.82) is 0 Å². The highest BCUT2D eigenvalue weighted by molar-refractivity contribution is 5.99. The molecular weight excluding hydrogens is 420 g/mol. The van der Waals surface area contributed by atoms with Crippen LogP contribution in [0.15, 0.2) is 47.7 Å². The molecule has 0 radical (unpaired) electrons. The molecule has 2 aromatic heterocycles. The lowest BCUT2D eigenvalue weighted by Gasteiger charge is -2.28. The van der Waals surface area contributed by atoms with E-state index in [1.165, 1.54) is 0 Å². The molecule has 0 aliphatic carbocycles. The first-order valence-electron chi connectivity index (χ1n) is 11.5. The van der Waals surface area contributed by atoms with Gasteiger partial charge >= 0.3 is 0 Å². The summed E-state index contributed by atoms with van der Waals surface area (Å²) in [7, 11) is 0. The molecule has 33 heavy (non-hydrogen) atoms. The minimum atomic E-state index is 0.581. The van der Waals surface area contributed by atoms with E-state index in [-0.39, 0.29) is 0 Å². The maximum Gasteiger partial charge on any atom is 0.217 e. The Balaban J connectivity index is 1.28. The van der Waals surface area contributed by atoms with Crippen molar-refractivity contribution in [2.45, 2.75) is 0 Å². The van der Waals surface area contributed by atoms with E-state index in [1.54, 1.807) is 0 Å². The lowest BCUT2D eigenvalue weighted by molar-refractivity contribution is 0.0320. The third-order valence-electron chi connectivity index (χ3n) is 5.90. The Labute approximate surface area is 193 Å². The Morgan fingerprint density at radius 3 is 2.70 bits per heavy atom. The zero-order chi connectivity index (χ0) is 22.3. The number of benzene rings is 1. The maximum atomic E-state index is 6.04. The minimum Gasteiger partial charge on any atom is -0.476 e. The van der Waals surface area contributed by atoms with Crippen molar-refractivity contribution in [2.75, 3.05) is 76.1 Å². The van der Waals surface area contributed by atoms with Crippen LogP contribution in [0, 0.1) is 0 Å². The quantitative estimate of drug-likeness (QED) is 0.403. The van der Waals surface area contributed by atoms with Crippen LogP contribution in [0.1, 0.15) is 5.56 Å². The van der Waals surface area contributed by atoms with Crippen molar-refractivity contribution in [3.8, 4) is 5.88 Å². The van der Waals surface area contributed by atoms with Crippen LogP contribution in [-0.2, 0) is 9.47 Å². The van der Waals surface area contributed by atoms with Gasteiger partial charge in [-0.05, 0) is 6.07 Å². The number of nitrogens with zero attached hydrogens (tertiary/aromatic N) is 4. The van der Waals surface area contributed by atoms with Crippen LogP contribution in [0.25, 0.3) is 10.9 Å². The molecule has 0 unspecified atom stereocenters. The molecule has 174 valence electrons. The number of hydrogen-bond acceptors (Lipinski definition) is 8. The van der Waals surface area contributed by atoms with Crippen LogP contribution in [0.5, 0.6) is 5.88 Å². The third-order valence-corrected chi connectivity index (χ3v) is 5.90. The predicted molar refractivity (Wildman–Crippen MR) is 130 cm³/mol. The summed E-state index contributed by atoms with van der Waals surface area (Å²) in [5.74, 6) is 1.46. The number of morpholine rings is 2. The van der Waals surface area contributed by atoms with E-state index >= 15 is 0 Å². The molecule has 2 aliphatic heterocycles. The average molecular weight is 451 g/mol. The molecule has 2 N–H and O–H groups in total. The molecule has 5 rings (SSSR count). The molecular formula is C24H30N6O3. The first kappa shape index (κ1) is 21.7. The number of aromatic amines is 1. The van der Waals surface area contributed by atoms with Gasteiger partial charge in [0, 0.05) is 67.5 Å². The van der Waals surface area contributed by atoms with Crippen LogP contribution in [0.3, 0.4) is 0 Å². The van der Waals surface area contributed by atoms with Gasteiger partial charge in [-0.25, -0.2) is 0 Å². The highest BCUT2D eigenvalue weighted by atomic mass is 16.5. The van der Waals surface area contributed by atoms with E-state index in [4.69, 9.17) is 19.2 Å². The highest BCUT2D eigenvalue weighted by Gasteiger charge is 2.15. The van der Waals surface area contributed by atoms with Crippen molar-refractivity contribution in [3.05, 3.63) is 48.2 Å². The Hall–Kier alpha value is -3.14. The summed E-state index contributed by atoms with van der Waals surface area (Å²) >= 11 is 0. The molecule has 2 saturated heterocycles. The molecule has 0 bridgehead atoms. The van der Waals surface area contributed by atoms with Gasteiger partial charge < -0.3 is 24.1 Å². The molecule has 0 saturated carbocycles. The van der Waals surface area contributed by atoms with Crippen LogP contribution < -0.4 is 15.1 Å². The third kappa shape index (κ3) is 5.62. The normalized spacial score (nSPS) is 17.6. The van der Waals surface area contributed by atoms with Gasteiger partial charge in [0.25, 0.3) is 0 Å². The van der Waals surface area contributed by atoms with Crippen molar-refractivity contribution in [1.82, 2.24) is 14.9 Å². The molecule has 2 aliphatic rings. The average Bonchev–Trinajstić information content (AvgIpc) is 3.28. The minimum absolute atomic E-state index is 0.581. The van der Waals surface area contributed by atoms with E-state index in [9.17, 15) is 0 Å². The smallest absolute Gasteiger partial charge is 0.217 e. The lowest BCUT2D eigenvalue weighted by Crippen LogP contribution is -2.38. The Bertz CT molecular complexity index is 1070. The lowest BCUT2D eigenvalue weighted by atomic mass is 10.2. The summed E-state index contributed by atoms with van der Waals surface area (Å²) in [6.45, 7) is 7.91. The van der Waals surface area contributed by atoms with Crippen LogP contribution in [0.4, 0.5) is 11.5 Å². The summed E-state index contributed by atoms with van der Waals surface area (Å²) in [6.07, 6.45) is 3.79. The van der Waals surface area contributed by atoms with Crippen molar-refractivity contribution in [2.24, 2.45) is 5.10 Å². The summed E-state index contributed by atoms with van der Waals surface area (Å²) in [5, 5.41) is 5.61. The molecule has 9 heteroatoms. The first-order valence-corrected chi connectivity index (χ1v) is 11.5. The highest BCUT2D eigenvalue weighted by Crippen LogP contribution is 2.24. The molecule has 4 heterocycles. The second kappa shape index (κ2) is 10.7. The fourth-order valence-corrected chi connectivity index (χ4v) is 4.07. The van der Waals surface area contributed by atoms with Gasteiger partial charge in [-0.15, -0.1) is 0 Å². The van der Waals surface area contributed by atoms with Gasteiger partial charge in [-0.3, -0.25) is 10.3 Å². The largest absolute Gasteiger partial charge is 0.476 e. The number of hydrazone groups is 1. The molecule has 0 atom stereocenters. The predicted octanol–water partition coefficient (Wildman–Crippen LogP) is 2.56. The molecule has 9 nitrogen and oxygen atoms in total. The van der Waals surface area contributed by atoms with Gasteiger partial charge in [-0.1, -0.05) is 18.2 Å². The van der Waals surface area contributed by atoms with Gasteiger partial charge in [0.1, 0.15) is 12.4 Å². The fourth-order valence-electron chi connectivity index (χ4n) is 4.07. The summed E-state index contributed by atoms with van der Waals surface area (Å²) in [4.78, 5) is 12.6. The number of para-hydroxylation sites is 1. The number of H-pyrrole nitrogens is 1. The van der Waals surface area contributed by atoms with Gasteiger partial charge in [0.05, 0.1) is 38.3 Å². The van der Waals surface area contributed by atoms with E-state index in [1.807, 2.05) is 36.7 Å². The van der Waals surface area contributed by atoms with Crippen molar-refractivity contribution < 1.29 is 14.2 Å². The number of rotatable bonds is 8. The van der Waals surface area contributed by atoms with E-state index in [0.29, 0.717) is 25.7 Å². The van der Waals surface area contributed by atoms with Gasteiger partial charge in [0.15, 0.2) is 0 Å². The standard InChI is InChI=1S/C24H30N6O3/c1-2-4-22-21(3-1)19(17-25-22)18-26-28-20-15-23(30-8-12-32-13-9-30)27-24(16-20)33-14-7-29-5-10-31-11-6-29/h1-4,15-18,25H,5-14H2,(H,27,28)/b26-18-. The molecule has 0 amide bonds. The summed E-state index contributed by atoms with van der Waals surface area (Å²) in [6, 6.07) is 12.1. The number of nitrogens with one attached hydrogen (secondary N) is 2. The zero-order valence-electron chi connectivity index (χ0n) is 18.7. The number of fused-ring (bicyclic) bond motifs is 1. The summed E-state index contributed by atoms with van der Waals surface area (Å²) < 4.78 is 17.0. The van der Waals surface area contributed by atoms with Crippen molar-refractivity contribution in [3.63, 3.8) is 0 Å². The zero-order valence-corrected chi connectivity index (χ0v) is 18.7. The topological polar surface area (TPSA) is 87.2 Å². The molecule has 3 aromatic rings.